The van der Waals surface area contributed by atoms with Crippen LogP contribution in [0.1, 0.15) is 35.8 Å². The van der Waals surface area contributed by atoms with Crippen LogP contribution in [0.2, 0.25) is 0 Å². The smallest absolute Gasteiger partial charge is 0.252 e. The highest BCUT2D eigenvalue weighted by Crippen LogP contribution is 2.19. The molecular weight excluding hydrogens is 358 g/mol. The summed E-state index contributed by atoms with van der Waals surface area (Å²) in [5.74, 6) is -2.17. The third-order valence-electron chi connectivity index (χ3n) is 4.34. The van der Waals surface area contributed by atoms with E-state index in [1.165, 1.54) is 0 Å². The highest BCUT2D eigenvalue weighted by molar-refractivity contribution is 5.95. The minimum atomic E-state index is -1.62. The monoisotopic (exact) mass is 383 g/mol. The summed E-state index contributed by atoms with van der Waals surface area (Å²) in [6.07, 6.45) is -1.62. The SMILES string of the molecule is CC(C)[C@H](NC(=O)[C@H](O)[C@@H](NC(=O)c1ccccc1)c1ccccc1)C(N)=O. The Labute approximate surface area is 163 Å². The van der Waals surface area contributed by atoms with Crippen molar-refractivity contribution >= 4 is 17.7 Å². The van der Waals surface area contributed by atoms with Gasteiger partial charge in [-0.3, -0.25) is 14.4 Å². The zero-order chi connectivity index (χ0) is 20.7. The Balaban J connectivity index is 2.25. The van der Waals surface area contributed by atoms with Crippen molar-refractivity contribution in [3.63, 3.8) is 0 Å². The van der Waals surface area contributed by atoms with E-state index in [0.717, 1.165) is 0 Å². The summed E-state index contributed by atoms with van der Waals surface area (Å²) < 4.78 is 0. The van der Waals surface area contributed by atoms with Crippen molar-refractivity contribution in [2.75, 3.05) is 0 Å². The van der Waals surface area contributed by atoms with Crippen molar-refractivity contribution in [2.24, 2.45) is 11.7 Å². The highest BCUT2D eigenvalue weighted by Gasteiger charge is 2.32. The molecule has 0 fully saturated rings. The van der Waals surface area contributed by atoms with E-state index in [-0.39, 0.29) is 5.92 Å². The molecule has 0 aliphatic heterocycles. The van der Waals surface area contributed by atoms with E-state index in [2.05, 4.69) is 10.6 Å². The van der Waals surface area contributed by atoms with Gasteiger partial charge in [-0.05, 0) is 23.6 Å². The molecule has 28 heavy (non-hydrogen) atoms. The number of hydrogen-bond donors (Lipinski definition) is 4. The first-order chi connectivity index (χ1) is 13.3. The predicted octanol–water partition coefficient (Wildman–Crippen LogP) is 1.14. The molecule has 0 aromatic heterocycles. The summed E-state index contributed by atoms with van der Waals surface area (Å²) in [6.45, 7) is 3.46. The fraction of sp³-hybridized carbons (Fsp3) is 0.286. The van der Waals surface area contributed by atoms with Crippen molar-refractivity contribution < 1.29 is 19.5 Å². The van der Waals surface area contributed by atoms with E-state index in [1.54, 1.807) is 74.5 Å². The first kappa shape index (κ1) is 21.1. The van der Waals surface area contributed by atoms with Crippen LogP contribution in [0, 0.1) is 5.92 Å². The number of rotatable bonds is 8. The molecular formula is C21H25N3O4. The molecule has 7 nitrogen and oxygen atoms in total. The fourth-order valence-electron chi connectivity index (χ4n) is 2.78. The number of nitrogens with one attached hydrogen (secondary N) is 2. The van der Waals surface area contributed by atoms with Gasteiger partial charge >= 0.3 is 0 Å². The Morgan fingerprint density at radius 3 is 1.93 bits per heavy atom. The van der Waals surface area contributed by atoms with Gasteiger partial charge in [-0.15, -0.1) is 0 Å². The molecule has 0 aliphatic carbocycles. The minimum Gasteiger partial charge on any atom is -0.381 e. The lowest BCUT2D eigenvalue weighted by molar-refractivity contribution is -0.135. The minimum absolute atomic E-state index is 0.247. The lowest BCUT2D eigenvalue weighted by Gasteiger charge is -2.26. The Morgan fingerprint density at radius 2 is 1.43 bits per heavy atom. The average Bonchev–Trinajstić information content (AvgIpc) is 2.70. The van der Waals surface area contributed by atoms with Crippen LogP contribution in [0.3, 0.4) is 0 Å². The lowest BCUT2D eigenvalue weighted by Crippen LogP contribution is -2.53. The van der Waals surface area contributed by atoms with Crippen LogP contribution < -0.4 is 16.4 Å². The number of aliphatic hydroxyl groups excluding tert-OH is 1. The number of primary amides is 1. The van der Waals surface area contributed by atoms with Crippen LogP contribution in [0.4, 0.5) is 0 Å². The number of hydrogen-bond acceptors (Lipinski definition) is 4. The van der Waals surface area contributed by atoms with Crippen molar-refractivity contribution in [1.82, 2.24) is 10.6 Å². The van der Waals surface area contributed by atoms with Crippen molar-refractivity contribution in [2.45, 2.75) is 32.0 Å². The van der Waals surface area contributed by atoms with Crippen LogP contribution in [0.25, 0.3) is 0 Å². The molecule has 2 aromatic carbocycles. The standard InChI is InChI=1S/C21H25N3O4/c1-13(2)16(19(22)26)23-21(28)18(25)17(14-9-5-3-6-10-14)24-20(27)15-11-7-4-8-12-15/h3-13,16-18,25H,1-2H3,(H2,22,26)(H,23,28)(H,24,27)/t16-,17-,18+/m0/s1. The summed E-state index contributed by atoms with van der Waals surface area (Å²) >= 11 is 0. The molecule has 0 saturated heterocycles. The molecule has 7 heteroatoms. The summed E-state index contributed by atoms with van der Waals surface area (Å²) in [7, 11) is 0. The van der Waals surface area contributed by atoms with Gasteiger partial charge in [-0.2, -0.15) is 0 Å². The number of carbonyl (C=O) groups excluding carboxylic acids is 3. The molecule has 2 aromatic rings. The maximum Gasteiger partial charge on any atom is 0.252 e. The van der Waals surface area contributed by atoms with Crippen LogP contribution >= 0.6 is 0 Å². The van der Waals surface area contributed by atoms with Gasteiger partial charge in [-0.1, -0.05) is 62.4 Å². The van der Waals surface area contributed by atoms with Gasteiger partial charge in [-0.25, -0.2) is 0 Å². The Morgan fingerprint density at radius 1 is 0.893 bits per heavy atom. The quantitative estimate of drug-likeness (QED) is 0.546. The van der Waals surface area contributed by atoms with Crippen LogP contribution in [0.15, 0.2) is 60.7 Å². The van der Waals surface area contributed by atoms with Gasteiger partial charge in [0.1, 0.15) is 6.04 Å². The largest absolute Gasteiger partial charge is 0.381 e. The van der Waals surface area contributed by atoms with Gasteiger partial charge in [0.25, 0.3) is 11.8 Å². The normalized spacial score (nSPS) is 14.0. The third-order valence-corrected chi connectivity index (χ3v) is 4.34. The van der Waals surface area contributed by atoms with Crippen LogP contribution in [0.5, 0.6) is 0 Å². The number of carbonyl (C=O) groups is 3. The van der Waals surface area contributed by atoms with Crippen molar-refractivity contribution in [3.8, 4) is 0 Å². The second-order valence-corrected chi connectivity index (χ2v) is 6.81. The molecule has 0 aliphatic rings. The third kappa shape index (κ3) is 5.40. The average molecular weight is 383 g/mol. The van der Waals surface area contributed by atoms with E-state index in [1.807, 2.05) is 0 Å². The van der Waals surface area contributed by atoms with E-state index in [0.29, 0.717) is 11.1 Å². The maximum absolute atomic E-state index is 12.6. The fourth-order valence-corrected chi connectivity index (χ4v) is 2.78. The van der Waals surface area contributed by atoms with Gasteiger partial charge in [0.05, 0.1) is 6.04 Å². The summed E-state index contributed by atoms with van der Waals surface area (Å²) in [5.41, 5.74) is 6.27. The van der Waals surface area contributed by atoms with Gasteiger partial charge in [0.2, 0.25) is 5.91 Å². The number of benzene rings is 2. The maximum atomic E-state index is 12.6. The molecule has 0 unspecified atom stereocenters. The van der Waals surface area contributed by atoms with Crippen LogP contribution in [-0.4, -0.2) is 35.0 Å². The Bertz CT molecular complexity index is 809. The number of aliphatic hydroxyl groups is 1. The van der Waals surface area contributed by atoms with Gasteiger partial charge in [0, 0.05) is 5.56 Å². The number of amides is 3. The van der Waals surface area contributed by atoms with E-state index in [4.69, 9.17) is 5.73 Å². The zero-order valence-electron chi connectivity index (χ0n) is 15.8. The lowest BCUT2D eigenvalue weighted by atomic mass is 9.98. The molecule has 0 spiro atoms. The van der Waals surface area contributed by atoms with Crippen molar-refractivity contribution in [3.05, 3.63) is 71.8 Å². The number of nitrogens with two attached hydrogens (primary N) is 1. The summed E-state index contributed by atoms with van der Waals surface area (Å²) in [4.78, 5) is 36.7. The highest BCUT2D eigenvalue weighted by atomic mass is 16.3. The van der Waals surface area contributed by atoms with E-state index in [9.17, 15) is 19.5 Å². The van der Waals surface area contributed by atoms with Crippen molar-refractivity contribution in [1.29, 1.82) is 0 Å². The van der Waals surface area contributed by atoms with Gasteiger partial charge in [0.15, 0.2) is 6.10 Å². The van der Waals surface area contributed by atoms with Crippen LogP contribution in [-0.2, 0) is 9.59 Å². The predicted molar refractivity (Wildman–Crippen MR) is 105 cm³/mol. The first-order valence-electron chi connectivity index (χ1n) is 9.00. The molecule has 0 saturated carbocycles. The Kier molecular flexibility index (Phi) is 7.28. The topological polar surface area (TPSA) is 122 Å². The zero-order valence-corrected chi connectivity index (χ0v) is 15.8. The van der Waals surface area contributed by atoms with E-state index >= 15 is 0 Å². The van der Waals surface area contributed by atoms with Gasteiger partial charge < -0.3 is 21.5 Å². The second kappa shape index (κ2) is 9.66. The van der Waals surface area contributed by atoms with E-state index < -0.39 is 35.9 Å². The molecule has 0 heterocycles. The Hall–Kier alpha value is -3.19. The molecule has 3 atom stereocenters. The summed E-state index contributed by atoms with van der Waals surface area (Å²) in [5, 5.41) is 15.8. The molecule has 0 radical (unpaired) electrons. The summed E-state index contributed by atoms with van der Waals surface area (Å²) in [6, 6.07) is 15.2. The second-order valence-electron chi connectivity index (χ2n) is 6.81. The molecule has 2 rings (SSSR count). The first-order valence-corrected chi connectivity index (χ1v) is 9.00. The molecule has 148 valence electrons. The molecule has 3 amide bonds. The molecule has 5 N–H and O–H groups in total. The molecule has 0 bridgehead atoms.